The van der Waals surface area contributed by atoms with E-state index in [1.54, 1.807) is 0 Å². The van der Waals surface area contributed by atoms with Gasteiger partial charge in [0, 0.05) is 24.5 Å². The van der Waals surface area contributed by atoms with Crippen molar-refractivity contribution in [2.24, 2.45) is 17.1 Å². The van der Waals surface area contributed by atoms with Crippen LogP contribution in [0.4, 0.5) is 0 Å². The summed E-state index contributed by atoms with van der Waals surface area (Å²) < 4.78 is 5.85. The van der Waals surface area contributed by atoms with Crippen molar-refractivity contribution in [3.8, 4) is 0 Å². The van der Waals surface area contributed by atoms with Crippen LogP contribution in [0.5, 0.6) is 0 Å². The predicted octanol–water partition coefficient (Wildman–Crippen LogP) is 1.88. The molecule has 0 bridgehead atoms. The van der Waals surface area contributed by atoms with Gasteiger partial charge in [0.1, 0.15) is 5.54 Å². The van der Waals surface area contributed by atoms with E-state index < -0.39 is 5.54 Å². The van der Waals surface area contributed by atoms with Crippen LogP contribution in [-0.2, 0) is 16.0 Å². The highest BCUT2D eigenvalue weighted by molar-refractivity contribution is 5.89. The van der Waals surface area contributed by atoms with Crippen LogP contribution in [0, 0.1) is 11.3 Å². The smallest absolute Gasteiger partial charge is 0.241 e. The molecule has 120 valence electrons. The van der Waals surface area contributed by atoms with Gasteiger partial charge in [-0.05, 0) is 24.8 Å². The summed E-state index contributed by atoms with van der Waals surface area (Å²) >= 11 is 0. The first-order valence-corrected chi connectivity index (χ1v) is 8.20. The molecule has 1 amide bonds. The molecular weight excluding hydrogens is 276 g/mol. The zero-order valence-corrected chi connectivity index (χ0v) is 13.5. The van der Waals surface area contributed by atoms with Gasteiger partial charge in [0.15, 0.2) is 0 Å². The number of benzene rings is 1. The third kappa shape index (κ3) is 2.25. The number of carbonyl (C=O) groups excluding carboxylic acids is 1. The van der Waals surface area contributed by atoms with Gasteiger partial charge < -0.3 is 15.8 Å². The molecule has 1 aromatic carbocycles. The fourth-order valence-electron chi connectivity index (χ4n) is 4.15. The molecule has 0 radical (unpaired) electrons. The van der Waals surface area contributed by atoms with Crippen LogP contribution in [0.15, 0.2) is 30.3 Å². The summed E-state index contributed by atoms with van der Waals surface area (Å²) in [7, 11) is 0. The normalized spacial score (nSPS) is 32.7. The van der Waals surface area contributed by atoms with E-state index in [4.69, 9.17) is 10.5 Å². The van der Waals surface area contributed by atoms with Gasteiger partial charge in [-0.3, -0.25) is 4.79 Å². The summed E-state index contributed by atoms with van der Waals surface area (Å²) in [6.07, 6.45) is 2.92. The quantitative estimate of drug-likeness (QED) is 0.892. The number of hydrogen-bond donors (Lipinski definition) is 2. The maximum Gasteiger partial charge on any atom is 0.241 e. The first-order valence-electron chi connectivity index (χ1n) is 8.20. The molecule has 4 heteroatoms. The highest BCUT2D eigenvalue weighted by atomic mass is 16.5. The van der Waals surface area contributed by atoms with Crippen LogP contribution in [0.1, 0.15) is 32.3 Å². The SMILES string of the molecule is CC1(C)C2OCCCC2C1(N)C(=O)NCCc1ccccc1. The van der Waals surface area contributed by atoms with Gasteiger partial charge in [0.05, 0.1) is 6.10 Å². The van der Waals surface area contributed by atoms with E-state index in [-0.39, 0.29) is 23.3 Å². The molecule has 1 aliphatic heterocycles. The van der Waals surface area contributed by atoms with Crippen LogP contribution in [0.3, 0.4) is 0 Å². The molecule has 3 rings (SSSR count). The highest BCUT2D eigenvalue weighted by Crippen LogP contribution is 2.57. The number of nitrogens with two attached hydrogens (primary N) is 1. The minimum atomic E-state index is -0.811. The second-order valence-electron chi connectivity index (χ2n) is 7.12. The van der Waals surface area contributed by atoms with Crippen molar-refractivity contribution in [2.45, 2.75) is 44.8 Å². The standard InChI is InChI=1S/C18H26N2O2/c1-17(2)15-14(9-6-12-22-15)18(17,19)16(21)20-11-10-13-7-4-3-5-8-13/h3-5,7-8,14-15H,6,9-12,19H2,1-2H3,(H,20,21). The molecule has 2 aliphatic rings. The Morgan fingerprint density at radius 1 is 1.36 bits per heavy atom. The molecule has 22 heavy (non-hydrogen) atoms. The van der Waals surface area contributed by atoms with Gasteiger partial charge in [-0.25, -0.2) is 0 Å². The lowest BCUT2D eigenvalue weighted by Crippen LogP contribution is -2.82. The number of amides is 1. The van der Waals surface area contributed by atoms with Gasteiger partial charge in [0.2, 0.25) is 5.91 Å². The van der Waals surface area contributed by atoms with E-state index >= 15 is 0 Å². The lowest BCUT2D eigenvalue weighted by molar-refractivity contribution is -0.225. The molecule has 1 aromatic rings. The van der Waals surface area contributed by atoms with E-state index in [0.29, 0.717) is 6.54 Å². The van der Waals surface area contributed by atoms with Gasteiger partial charge in [-0.15, -0.1) is 0 Å². The Morgan fingerprint density at radius 3 is 2.82 bits per heavy atom. The fraction of sp³-hybridized carbons (Fsp3) is 0.611. The molecule has 0 aromatic heterocycles. The van der Waals surface area contributed by atoms with Gasteiger partial charge in [-0.2, -0.15) is 0 Å². The molecule has 1 saturated heterocycles. The number of rotatable bonds is 4. The monoisotopic (exact) mass is 302 g/mol. The predicted molar refractivity (Wildman–Crippen MR) is 86.3 cm³/mol. The van der Waals surface area contributed by atoms with Crippen molar-refractivity contribution in [3.63, 3.8) is 0 Å². The lowest BCUT2D eigenvalue weighted by atomic mass is 9.46. The lowest BCUT2D eigenvalue weighted by Gasteiger charge is -2.65. The third-order valence-corrected chi connectivity index (χ3v) is 5.60. The molecule has 1 heterocycles. The van der Waals surface area contributed by atoms with Crippen LogP contribution in [0.25, 0.3) is 0 Å². The number of fused-ring (bicyclic) bond motifs is 1. The Labute approximate surface area is 132 Å². The maximum atomic E-state index is 12.7. The second kappa shape index (κ2) is 5.67. The molecule has 3 atom stereocenters. The largest absolute Gasteiger partial charge is 0.377 e. The number of hydrogen-bond acceptors (Lipinski definition) is 3. The van der Waals surface area contributed by atoms with Gasteiger partial charge in [-0.1, -0.05) is 44.2 Å². The zero-order valence-electron chi connectivity index (χ0n) is 13.5. The average molecular weight is 302 g/mol. The molecule has 3 unspecified atom stereocenters. The summed E-state index contributed by atoms with van der Waals surface area (Å²) in [5.74, 6) is 0.119. The van der Waals surface area contributed by atoms with Crippen LogP contribution in [0.2, 0.25) is 0 Å². The first-order chi connectivity index (χ1) is 10.5. The Bertz CT molecular complexity index is 543. The Balaban J connectivity index is 1.61. The zero-order chi connectivity index (χ0) is 15.8. The Hall–Kier alpha value is -1.39. The van der Waals surface area contributed by atoms with Gasteiger partial charge >= 0.3 is 0 Å². The second-order valence-corrected chi connectivity index (χ2v) is 7.12. The van der Waals surface area contributed by atoms with Crippen LogP contribution < -0.4 is 11.1 Å². The van der Waals surface area contributed by atoms with Crippen molar-refractivity contribution in [1.82, 2.24) is 5.32 Å². The van der Waals surface area contributed by atoms with Crippen molar-refractivity contribution in [3.05, 3.63) is 35.9 Å². The minimum Gasteiger partial charge on any atom is -0.377 e. The Kier molecular flexibility index (Phi) is 4.00. The van der Waals surface area contributed by atoms with Crippen LogP contribution in [-0.4, -0.2) is 30.7 Å². The number of carbonyl (C=O) groups is 1. The first kappa shape index (κ1) is 15.5. The van der Waals surface area contributed by atoms with Crippen molar-refractivity contribution >= 4 is 5.91 Å². The van der Waals surface area contributed by atoms with Gasteiger partial charge in [0.25, 0.3) is 0 Å². The van der Waals surface area contributed by atoms with E-state index in [2.05, 4.69) is 31.3 Å². The van der Waals surface area contributed by atoms with E-state index in [1.807, 2.05) is 18.2 Å². The summed E-state index contributed by atoms with van der Waals surface area (Å²) in [6.45, 7) is 5.51. The highest BCUT2D eigenvalue weighted by Gasteiger charge is 2.70. The van der Waals surface area contributed by atoms with E-state index in [0.717, 1.165) is 25.9 Å². The minimum absolute atomic E-state index is 0.0276. The molecule has 3 N–H and O–H groups in total. The summed E-state index contributed by atoms with van der Waals surface area (Å²) in [6, 6.07) is 10.2. The topological polar surface area (TPSA) is 64.3 Å². The van der Waals surface area contributed by atoms with Crippen molar-refractivity contribution in [2.75, 3.05) is 13.2 Å². The maximum absolute atomic E-state index is 12.7. The molecule has 1 aliphatic carbocycles. The average Bonchev–Trinajstić information content (AvgIpc) is 2.55. The molecular formula is C18H26N2O2. The summed E-state index contributed by atoms with van der Waals surface area (Å²) in [5, 5.41) is 3.04. The fourth-order valence-corrected chi connectivity index (χ4v) is 4.15. The van der Waals surface area contributed by atoms with E-state index in [1.165, 1.54) is 5.56 Å². The molecule has 1 saturated carbocycles. The molecule has 4 nitrogen and oxygen atoms in total. The Morgan fingerprint density at radius 2 is 2.09 bits per heavy atom. The molecule has 0 spiro atoms. The molecule has 2 fully saturated rings. The van der Waals surface area contributed by atoms with Crippen molar-refractivity contribution in [1.29, 1.82) is 0 Å². The van der Waals surface area contributed by atoms with Crippen molar-refractivity contribution < 1.29 is 9.53 Å². The number of ether oxygens (including phenoxy) is 1. The number of nitrogens with one attached hydrogen (secondary N) is 1. The van der Waals surface area contributed by atoms with Crippen LogP contribution >= 0.6 is 0 Å². The summed E-state index contributed by atoms with van der Waals surface area (Å²) in [5.41, 5.74) is 6.67. The van der Waals surface area contributed by atoms with E-state index in [9.17, 15) is 4.79 Å². The summed E-state index contributed by atoms with van der Waals surface area (Å²) in [4.78, 5) is 12.7. The third-order valence-electron chi connectivity index (χ3n) is 5.60.